The van der Waals surface area contributed by atoms with E-state index < -0.39 is 5.97 Å². The minimum absolute atomic E-state index is 0.225. The number of nitrogens with zero attached hydrogens (tertiary/aromatic N) is 8. The fourth-order valence-corrected chi connectivity index (χ4v) is 5.25. The van der Waals surface area contributed by atoms with Crippen LogP contribution in [0.4, 0.5) is 11.5 Å². The van der Waals surface area contributed by atoms with Gasteiger partial charge in [-0.25, -0.2) is 19.3 Å². The van der Waals surface area contributed by atoms with Crippen LogP contribution in [0.1, 0.15) is 23.0 Å². The second-order valence-electron chi connectivity index (χ2n) is 9.76. The summed E-state index contributed by atoms with van der Waals surface area (Å²) in [7, 11) is 3.48. The van der Waals surface area contributed by atoms with Crippen LogP contribution < -0.4 is 14.5 Å². The molecule has 204 valence electrons. The van der Waals surface area contributed by atoms with Crippen LogP contribution in [0.2, 0.25) is 0 Å². The van der Waals surface area contributed by atoms with Gasteiger partial charge in [-0.05, 0) is 30.7 Å². The number of carboxylic acid groups (broad SMARTS) is 1. The van der Waals surface area contributed by atoms with E-state index in [-0.39, 0.29) is 5.56 Å². The molecule has 1 aliphatic rings. The summed E-state index contributed by atoms with van der Waals surface area (Å²) < 4.78 is 8.59. The highest BCUT2D eigenvalue weighted by Gasteiger charge is 2.24. The van der Waals surface area contributed by atoms with Gasteiger partial charge in [0.15, 0.2) is 0 Å². The maximum absolute atomic E-state index is 12.3. The van der Waals surface area contributed by atoms with Crippen molar-refractivity contribution in [3.8, 4) is 28.1 Å². The fraction of sp³-hybridized carbons (Fsp3) is 0.276. The zero-order chi connectivity index (χ0) is 27.8. The first-order valence-corrected chi connectivity index (χ1v) is 13.2. The average Bonchev–Trinajstić information content (AvgIpc) is 3.60. The molecule has 0 unspecified atom stereocenters. The van der Waals surface area contributed by atoms with Crippen molar-refractivity contribution in [1.82, 2.24) is 29.4 Å². The molecule has 0 spiro atoms. The van der Waals surface area contributed by atoms with E-state index in [4.69, 9.17) is 9.72 Å². The lowest BCUT2D eigenvalue weighted by molar-refractivity contribution is 0.0698. The van der Waals surface area contributed by atoms with Gasteiger partial charge in [-0.3, -0.25) is 4.68 Å². The third-order valence-electron chi connectivity index (χ3n) is 7.34. The molecular formula is C29H30N8O3. The van der Waals surface area contributed by atoms with Gasteiger partial charge in [0.25, 0.3) is 0 Å². The van der Waals surface area contributed by atoms with E-state index in [2.05, 4.69) is 25.0 Å². The minimum Gasteiger partial charge on any atom is -0.481 e. The minimum atomic E-state index is -0.989. The quantitative estimate of drug-likeness (QED) is 0.331. The van der Waals surface area contributed by atoms with Gasteiger partial charge >= 0.3 is 5.97 Å². The van der Waals surface area contributed by atoms with Crippen LogP contribution in [0.5, 0.6) is 5.88 Å². The van der Waals surface area contributed by atoms with Crippen LogP contribution in [0.3, 0.4) is 0 Å². The molecule has 40 heavy (non-hydrogen) atoms. The van der Waals surface area contributed by atoms with E-state index in [1.165, 1.54) is 0 Å². The lowest BCUT2D eigenvalue weighted by Crippen LogP contribution is -2.46. The number of piperazine rings is 1. The Kier molecular flexibility index (Phi) is 6.54. The van der Waals surface area contributed by atoms with E-state index in [9.17, 15) is 9.90 Å². The van der Waals surface area contributed by atoms with Crippen molar-refractivity contribution < 1.29 is 14.6 Å². The molecule has 11 nitrogen and oxygen atoms in total. The number of hydrogen-bond donors (Lipinski definition) is 1. The molecule has 0 aliphatic carbocycles. The molecule has 0 radical (unpaired) electrons. The first-order chi connectivity index (χ1) is 19.4. The van der Waals surface area contributed by atoms with E-state index in [1.807, 2.05) is 69.1 Å². The predicted octanol–water partition coefficient (Wildman–Crippen LogP) is 3.79. The molecule has 0 bridgehead atoms. The molecule has 5 aromatic rings. The number of aryl methyl sites for hydroxylation is 2. The molecular weight excluding hydrogens is 508 g/mol. The Balaban J connectivity index is 1.31. The van der Waals surface area contributed by atoms with Crippen LogP contribution >= 0.6 is 0 Å². The second-order valence-corrected chi connectivity index (χ2v) is 9.76. The number of methoxy groups -OCH3 is 1. The van der Waals surface area contributed by atoms with Gasteiger partial charge in [-0.2, -0.15) is 10.2 Å². The van der Waals surface area contributed by atoms with E-state index in [0.717, 1.165) is 59.9 Å². The highest BCUT2D eigenvalue weighted by atomic mass is 16.5. The van der Waals surface area contributed by atoms with Crippen molar-refractivity contribution in [3.05, 3.63) is 72.6 Å². The Bertz CT molecular complexity index is 1670. The van der Waals surface area contributed by atoms with Gasteiger partial charge in [0, 0.05) is 80.1 Å². The number of ether oxygens (including phenoxy) is 1. The smallest absolute Gasteiger partial charge is 0.339 e. The molecule has 6 rings (SSSR count). The first-order valence-electron chi connectivity index (χ1n) is 13.2. The fourth-order valence-electron chi connectivity index (χ4n) is 5.25. The molecule has 0 saturated carbocycles. The number of carboxylic acids is 1. The van der Waals surface area contributed by atoms with Crippen LogP contribution in [-0.2, 0) is 13.5 Å². The summed E-state index contributed by atoms with van der Waals surface area (Å²) in [5, 5.41) is 19.0. The number of rotatable bonds is 7. The normalized spacial score (nSPS) is 13.7. The van der Waals surface area contributed by atoms with Crippen LogP contribution in [0.25, 0.3) is 27.8 Å². The Hall–Kier alpha value is -4.93. The summed E-state index contributed by atoms with van der Waals surface area (Å²) in [4.78, 5) is 26.0. The molecule has 11 heteroatoms. The number of carbonyl (C=O) groups is 1. The summed E-state index contributed by atoms with van der Waals surface area (Å²) in [6, 6.07) is 9.92. The van der Waals surface area contributed by atoms with Crippen molar-refractivity contribution >= 4 is 23.0 Å². The Morgan fingerprint density at radius 3 is 2.35 bits per heavy atom. The van der Waals surface area contributed by atoms with Gasteiger partial charge in [-0.1, -0.05) is 6.92 Å². The standard InChI is InChI=1S/C29H30N8O3/c1-4-24-27(29(38)39)28-23(13-20(18-37(28)33-24)21-15-32-34(2)17-21)19-5-7-25(30-14-19)36-11-9-35(10-12-36)22-6-8-26(40-3)31-16-22/h5-8,13-18H,4,9-12H2,1-3H3,(H,38,39). The largest absolute Gasteiger partial charge is 0.481 e. The third-order valence-corrected chi connectivity index (χ3v) is 7.34. The van der Waals surface area contributed by atoms with Crippen molar-refractivity contribution in [3.63, 3.8) is 0 Å². The van der Waals surface area contributed by atoms with Crippen LogP contribution in [0, 0.1) is 0 Å². The van der Waals surface area contributed by atoms with Gasteiger partial charge in [0.2, 0.25) is 5.88 Å². The lowest BCUT2D eigenvalue weighted by Gasteiger charge is -2.36. The average molecular weight is 539 g/mol. The van der Waals surface area contributed by atoms with Crippen LogP contribution in [0.15, 0.2) is 61.3 Å². The summed E-state index contributed by atoms with van der Waals surface area (Å²) in [5.74, 6) is 0.501. The number of fused-ring (bicyclic) bond motifs is 1. The highest BCUT2D eigenvalue weighted by molar-refractivity contribution is 6.02. The van der Waals surface area contributed by atoms with Gasteiger partial charge < -0.3 is 19.6 Å². The number of anilines is 2. The van der Waals surface area contributed by atoms with E-state index in [0.29, 0.717) is 23.5 Å². The molecule has 0 amide bonds. The SMILES string of the molecule is CCc1nn2cc(-c3cnn(C)c3)cc(-c3ccc(N4CCN(c5ccc(OC)nc5)CC4)nc3)c2c1C(=O)O. The second kappa shape index (κ2) is 10.3. The molecule has 0 atom stereocenters. The summed E-state index contributed by atoms with van der Waals surface area (Å²) in [6.45, 7) is 5.26. The number of aromatic nitrogens is 6. The van der Waals surface area contributed by atoms with Crippen molar-refractivity contribution in [1.29, 1.82) is 0 Å². The molecule has 1 saturated heterocycles. The first kappa shape index (κ1) is 25.4. The maximum Gasteiger partial charge on any atom is 0.339 e. The van der Waals surface area contributed by atoms with Crippen molar-refractivity contribution in [2.45, 2.75) is 13.3 Å². The molecule has 5 aromatic heterocycles. The monoisotopic (exact) mass is 538 g/mol. The Morgan fingerprint density at radius 2 is 1.75 bits per heavy atom. The number of pyridine rings is 3. The third kappa shape index (κ3) is 4.59. The summed E-state index contributed by atoms with van der Waals surface area (Å²) in [5.41, 5.74) is 5.82. The maximum atomic E-state index is 12.3. The molecule has 6 heterocycles. The summed E-state index contributed by atoms with van der Waals surface area (Å²) >= 11 is 0. The Labute approximate surface area is 231 Å². The summed E-state index contributed by atoms with van der Waals surface area (Å²) in [6.07, 6.45) is 9.75. The zero-order valence-corrected chi connectivity index (χ0v) is 22.7. The number of hydrogen-bond acceptors (Lipinski definition) is 8. The van der Waals surface area contributed by atoms with Crippen molar-refractivity contribution in [2.75, 3.05) is 43.1 Å². The molecule has 1 fully saturated rings. The van der Waals surface area contributed by atoms with Gasteiger partial charge in [-0.15, -0.1) is 0 Å². The molecule has 1 aliphatic heterocycles. The van der Waals surface area contributed by atoms with Gasteiger partial charge in [0.1, 0.15) is 11.4 Å². The highest BCUT2D eigenvalue weighted by Crippen LogP contribution is 2.34. The lowest BCUT2D eigenvalue weighted by atomic mass is 10.00. The molecule has 0 aromatic carbocycles. The van der Waals surface area contributed by atoms with Gasteiger partial charge in [0.05, 0.1) is 36.4 Å². The van der Waals surface area contributed by atoms with E-state index in [1.54, 1.807) is 22.5 Å². The topological polar surface area (TPSA) is 114 Å². The van der Waals surface area contributed by atoms with Crippen LogP contribution in [-0.4, -0.2) is 73.7 Å². The molecule has 1 N–H and O–H groups in total. The zero-order valence-electron chi connectivity index (χ0n) is 22.7. The number of aromatic carboxylic acids is 1. The Morgan fingerprint density at radius 1 is 0.950 bits per heavy atom. The van der Waals surface area contributed by atoms with Crippen molar-refractivity contribution in [2.24, 2.45) is 7.05 Å². The van der Waals surface area contributed by atoms with E-state index >= 15 is 0 Å². The predicted molar refractivity (Wildman–Crippen MR) is 152 cm³/mol.